The van der Waals surface area contributed by atoms with E-state index in [2.05, 4.69) is 20.5 Å². The zero-order chi connectivity index (χ0) is 25.4. The Hall–Kier alpha value is -4.25. The Morgan fingerprint density at radius 2 is 1.89 bits per heavy atom. The highest BCUT2D eigenvalue weighted by molar-refractivity contribution is 7.13. The fourth-order valence-electron chi connectivity index (χ4n) is 4.20. The lowest BCUT2D eigenvalue weighted by molar-refractivity contribution is -0.133. The smallest absolute Gasteiger partial charge is 0.263 e. The lowest BCUT2D eigenvalue weighted by Gasteiger charge is -2.17. The van der Waals surface area contributed by atoms with Crippen molar-refractivity contribution in [3.8, 4) is 28.7 Å². The molecule has 2 fully saturated rings. The third-order valence-corrected chi connectivity index (χ3v) is 6.80. The summed E-state index contributed by atoms with van der Waals surface area (Å²) in [6, 6.07) is 12.4. The molecule has 1 aliphatic carbocycles. The Morgan fingerprint density at radius 3 is 2.59 bits per heavy atom. The van der Waals surface area contributed by atoms with Crippen LogP contribution in [0.5, 0.6) is 17.2 Å². The van der Waals surface area contributed by atoms with E-state index in [0.717, 1.165) is 18.4 Å². The number of nitrogens with zero attached hydrogens (tertiary/aromatic N) is 4. The number of hydrogen-bond acceptors (Lipinski definition) is 9. The predicted molar refractivity (Wildman–Crippen MR) is 135 cm³/mol. The van der Waals surface area contributed by atoms with Crippen molar-refractivity contribution >= 4 is 28.3 Å². The van der Waals surface area contributed by atoms with Crippen LogP contribution in [0.2, 0.25) is 0 Å². The zero-order valence-corrected chi connectivity index (χ0v) is 20.7. The molecule has 0 bridgehead atoms. The summed E-state index contributed by atoms with van der Waals surface area (Å²) in [6.45, 7) is 2.42. The third-order valence-electron chi connectivity index (χ3n) is 6.11. The van der Waals surface area contributed by atoms with E-state index >= 15 is 0 Å². The van der Waals surface area contributed by atoms with Crippen molar-refractivity contribution < 1.29 is 23.5 Å². The number of rotatable bonds is 8. The van der Waals surface area contributed by atoms with Gasteiger partial charge in [0.15, 0.2) is 11.2 Å². The minimum absolute atomic E-state index is 0.00513. The molecule has 11 heteroatoms. The van der Waals surface area contributed by atoms with E-state index in [1.54, 1.807) is 48.8 Å². The summed E-state index contributed by atoms with van der Waals surface area (Å²) in [7, 11) is 0. The third kappa shape index (κ3) is 5.17. The predicted octanol–water partition coefficient (Wildman–Crippen LogP) is 4.69. The SMILES string of the molecule is Cc1nnc(-c2ccc(Oc3cc(OC4CCN(C5CC5)C4=O)cc(C(=O)Nc4nccs4)c3)cc2)o1. The van der Waals surface area contributed by atoms with Crippen molar-refractivity contribution in [1.82, 2.24) is 20.1 Å². The van der Waals surface area contributed by atoms with Gasteiger partial charge in [0.25, 0.3) is 11.8 Å². The first-order valence-corrected chi connectivity index (χ1v) is 12.8. The largest absolute Gasteiger partial charge is 0.480 e. The maximum Gasteiger partial charge on any atom is 0.263 e. The Kier molecular flexibility index (Phi) is 6.05. The van der Waals surface area contributed by atoms with Crippen LogP contribution in [0.15, 0.2) is 58.5 Å². The molecule has 1 aliphatic heterocycles. The molecule has 2 aromatic carbocycles. The maximum absolute atomic E-state index is 13.0. The van der Waals surface area contributed by atoms with Gasteiger partial charge in [-0.1, -0.05) is 0 Å². The van der Waals surface area contributed by atoms with Crippen molar-refractivity contribution in [2.45, 2.75) is 38.3 Å². The number of nitrogens with one attached hydrogen (secondary N) is 1. The number of carbonyl (C=O) groups excluding carboxylic acids is 2. The lowest BCUT2D eigenvalue weighted by atomic mass is 10.1. The van der Waals surface area contributed by atoms with Gasteiger partial charge < -0.3 is 18.8 Å². The lowest BCUT2D eigenvalue weighted by Crippen LogP contribution is -2.33. The molecule has 6 rings (SSSR count). The number of anilines is 1. The number of amides is 2. The van der Waals surface area contributed by atoms with E-state index in [1.807, 2.05) is 17.0 Å². The molecule has 0 spiro atoms. The van der Waals surface area contributed by atoms with Gasteiger partial charge in [-0.15, -0.1) is 21.5 Å². The zero-order valence-electron chi connectivity index (χ0n) is 19.9. The van der Waals surface area contributed by atoms with Gasteiger partial charge in [0.05, 0.1) is 0 Å². The Morgan fingerprint density at radius 1 is 1.08 bits per heavy atom. The Balaban J connectivity index is 1.24. The highest BCUT2D eigenvalue weighted by Crippen LogP contribution is 2.34. The summed E-state index contributed by atoms with van der Waals surface area (Å²) < 4.78 is 17.6. The summed E-state index contributed by atoms with van der Waals surface area (Å²) in [5.41, 5.74) is 1.08. The minimum atomic E-state index is -0.581. The molecule has 1 saturated carbocycles. The van der Waals surface area contributed by atoms with Gasteiger partial charge in [-0.3, -0.25) is 14.9 Å². The van der Waals surface area contributed by atoms with Crippen LogP contribution >= 0.6 is 11.3 Å². The molecular formula is C26H23N5O5S. The average molecular weight is 518 g/mol. The van der Waals surface area contributed by atoms with Crippen LogP contribution in [0.4, 0.5) is 5.13 Å². The van der Waals surface area contributed by atoms with Crippen molar-refractivity contribution in [3.63, 3.8) is 0 Å². The fourth-order valence-corrected chi connectivity index (χ4v) is 4.72. The molecule has 1 N–H and O–H groups in total. The number of benzene rings is 2. The Labute approximate surface area is 216 Å². The topological polar surface area (TPSA) is 120 Å². The van der Waals surface area contributed by atoms with Gasteiger partial charge in [0.2, 0.25) is 11.8 Å². The number of ether oxygens (including phenoxy) is 2. The monoisotopic (exact) mass is 517 g/mol. The first-order valence-electron chi connectivity index (χ1n) is 11.9. The van der Waals surface area contributed by atoms with Crippen LogP contribution in [-0.2, 0) is 4.79 Å². The summed E-state index contributed by atoms with van der Waals surface area (Å²) in [6.07, 6.45) is 3.74. The first-order chi connectivity index (χ1) is 18.0. The van der Waals surface area contributed by atoms with Crippen molar-refractivity contribution in [1.29, 1.82) is 0 Å². The number of aryl methyl sites for hydroxylation is 1. The van der Waals surface area contributed by atoms with Crippen molar-refractivity contribution in [2.24, 2.45) is 0 Å². The minimum Gasteiger partial charge on any atom is -0.480 e. The van der Waals surface area contributed by atoms with Crippen LogP contribution < -0.4 is 14.8 Å². The van der Waals surface area contributed by atoms with E-state index in [1.165, 1.54) is 11.3 Å². The summed E-state index contributed by atoms with van der Waals surface area (Å²) >= 11 is 1.32. The van der Waals surface area contributed by atoms with E-state index in [4.69, 9.17) is 13.9 Å². The Bertz CT molecular complexity index is 1430. The number of aromatic nitrogens is 3. The molecule has 3 heterocycles. The van der Waals surface area contributed by atoms with Gasteiger partial charge >= 0.3 is 0 Å². The fraction of sp³-hybridized carbons (Fsp3) is 0.269. The molecular weight excluding hydrogens is 494 g/mol. The van der Waals surface area contributed by atoms with Crippen molar-refractivity contribution in [3.05, 3.63) is 65.5 Å². The quantitative estimate of drug-likeness (QED) is 0.358. The summed E-state index contributed by atoms with van der Waals surface area (Å²) in [5, 5.41) is 12.9. The number of thiazole rings is 1. The number of carbonyl (C=O) groups is 2. The average Bonchev–Trinajstić information content (AvgIpc) is 3.23. The molecule has 37 heavy (non-hydrogen) atoms. The second kappa shape index (κ2) is 9.66. The van der Waals surface area contributed by atoms with E-state index in [-0.39, 0.29) is 11.8 Å². The molecule has 4 aromatic rings. The summed E-state index contributed by atoms with van der Waals surface area (Å²) in [5.74, 6) is 1.86. The van der Waals surface area contributed by atoms with Gasteiger partial charge in [-0.05, 0) is 49.2 Å². The molecule has 2 aliphatic rings. The van der Waals surface area contributed by atoms with E-state index < -0.39 is 6.10 Å². The second-order valence-corrected chi connectivity index (χ2v) is 9.79. The molecule has 1 unspecified atom stereocenters. The van der Waals surface area contributed by atoms with Crippen LogP contribution in [0.1, 0.15) is 35.5 Å². The normalized spacial score (nSPS) is 17.2. The molecule has 2 amide bonds. The van der Waals surface area contributed by atoms with Crippen LogP contribution in [0, 0.1) is 6.92 Å². The highest BCUT2D eigenvalue weighted by atomic mass is 32.1. The molecule has 1 atom stereocenters. The summed E-state index contributed by atoms with van der Waals surface area (Å²) in [4.78, 5) is 31.8. The number of likely N-dealkylation sites (tertiary alicyclic amines) is 1. The second-order valence-electron chi connectivity index (χ2n) is 8.90. The standard InChI is InChI=1S/C26H23N5O5S/c1-15-29-30-24(34-15)16-2-6-19(7-3-16)35-20-12-17(23(32)28-26-27-9-11-37-26)13-21(14-20)36-22-8-10-31(25(22)33)18-4-5-18/h2-3,6-7,9,11-14,18,22H,4-5,8,10H2,1H3,(H,27,28,32). The van der Waals surface area contributed by atoms with Gasteiger partial charge in [-0.2, -0.15) is 0 Å². The molecule has 188 valence electrons. The van der Waals surface area contributed by atoms with Crippen LogP contribution in [-0.4, -0.2) is 50.6 Å². The van der Waals surface area contributed by atoms with Gasteiger partial charge in [-0.25, -0.2) is 4.98 Å². The first kappa shape index (κ1) is 23.2. The van der Waals surface area contributed by atoms with Crippen LogP contribution in [0.3, 0.4) is 0 Å². The molecule has 2 aromatic heterocycles. The van der Waals surface area contributed by atoms with Gasteiger partial charge in [0.1, 0.15) is 17.2 Å². The van der Waals surface area contributed by atoms with Crippen LogP contribution in [0.25, 0.3) is 11.5 Å². The number of hydrogen-bond donors (Lipinski definition) is 1. The van der Waals surface area contributed by atoms with Crippen molar-refractivity contribution in [2.75, 3.05) is 11.9 Å². The molecule has 0 radical (unpaired) electrons. The van der Waals surface area contributed by atoms with Gasteiger partial charge in [0, 0.05) is 54.7 Å². The highest BCUT2D eigenvalue weighted by Gasteiger charge is 2.41. The molecule has 1 saturated heterocycles. The molecule has 10 nitrogen and oxygen atoms in total. The van der Waals surface area contributed by atoms with E-state index in [9.17, 15) is 9.59 Å². The van der Waals surface area contributed by atoms with E-state index in [0.29, 0.717) is 58.7 Å². The maximum atomic E-state index is 13.0.